The lowest BCUT2D eigenvalue weighted by molar-refractivity contribution is -0.162. The monoisotopic (exact) mass is 524 g/mol. The summed E-state index contributed by atoms with van der Waals surface area (Å²) in [5, 5.41) is 33.8. The molecule has 8 heteroatoms. The van der Waals surface area contributed by atoms with Crippen LogP contribution in [0.5, 0.6) is 0 Å². The SMILES string of the molecule is CC(CCO)CC(C)(C)C.CC(CCOC(=O)C(C)(C)O)CC(C)(C)C.CO.COC(=O)C(C)(C)O. The lowest BCUT2D eigenvalue weighted by Gasteiger charge is -2.23. The number of hydrogen-bond acceptors (Lipinski definition) is 8. The standard InChI is InChI=1S/C13H26O3.C9H20O.C5H10O3.CH4O/c1-10(9-12(2,3)4)7-8-16-11(14)13(5,6)15;1-8(5-6-10)7-9(2,3)4;1-5(2,7)4(6)8-3;1-2/h10,15H,7-9H2,1-6H3;8,10H,5-7H2,1-4H3;7H,1-3H3;2H,1H3. The third kappa shape index (κ3) is 32.8. The summed E-state index contributed by atoms with van der Waals surface area (Å²) in [6.07, 6.45) is 4.09. The molecule has 0 amide bonds. The highest BCUT2D eigenvalue weighted by atomic mass is 16.6. The van der Waals surface area contributed by atoms with Gasteiger partial charge in [0.2, 0.25) is 0 Å². The van der Waals surface area contributed by atoms with Gasteiger partial charge in [-0.05, 0) is 76.0 Å². The first kappa shape index (κ1) is 41.9. The Labute approximate surface area is 221 Å². The zero-order valence-electron chi connectivity index (χ0n) is 25.8. The van der Waals surface area contributed by atoms with E-state index in [1.807, 2.05) is 0 Å². The van der Waals surface area contributed by atoms with Gasteiger partial charge in [0.25, 0.3) is 0 Å². The Hall–Kier alpha value is -1.22. The number of rotatable bonds is 9. The summed E-state index contributed by atoms with van der Waals surface area (Å²) in [4.78, 5) is 21.6. The van der Waals surface area contributed by atoms with E-state index >= 15 is 0 Å². The van der Waals surface area contributed by atoms with Crippen molar-refractivity contribution in [1.82, 2.24) is 0 Å². The minimum absolute atomic E-state index is 0.305. The van der Waals surface area contributed by atoms with Crippen molar-refractivity contribution < 1.29 is 39.5 Å². The molecule has 4 N–H and O–H groups in total. The Morgan fingerprint density at radius 2 is 1.03 bits per heavy atom. The number of esters is 2. The van der Waals surface area contributed by atoms with Crippen LogP contribution in [0.25, 0.3) is 0 Å². The van der Waals surface area contributed by atoms with Crippen molar-refractivity contribution in [1.29, 1.82) is 0 Å². The first-order valence-electron chi connectivity index (χ1n) is 12.7. The van der Waals surface area contributed by atoms with Crippen LogP contribution < -0.4 is 0 Å². The van der Waals surface area contributed by atoms with Crippen LogP contribution in [-0.2, 0) is 19.1 Å². The summed E-state index contributed by atoms with van der Waals surface area (Å²) in [5.41, 5.74) is -2.02. The first-order chi connectivity index (χ1) is 16.0. The second-order valence-electron chi connectivity index (χ2n) is 12.8. The van der Waals surface area contributed by atoms with Crippen LogP contribution in [0.3, 0.4) is 0 Å². The molecule has 36 heavy (non-hydrogen) atoms. The molecular weight excluding hydrogens is 464 g/mol. The van der Waals surface area contributed by atoms with Gasteiger partial charge in [0.15, 0.2) is 11.2 Å². The van der Waals surface area contributed by atoms with E-state index in [9.17, 15) is 14.7 Å². The predicted octanol–water partition coefficient (Wildman–Crippen LogP) is 4.74. The first-order valence-corrected chi connectivity index (χ1v) is 12.7. The molecule has 0 saturated heterocycles. The molecule has 0 aliphatic heterocycles. The zero-order valence-corrected chi connectivity index (χ0v) is 25.8. The molecule has 0 bridgehead atoms. The Kier molecular flexibility index (Phi) is 23.1. The maximum Gasteiger partial charge on any atom is 0.337 e. The number of carbonyl (C=O) groups excluding carboxylic acids is 2. The molecule has 220 valence electrons. The summed E-state index contributed by atoms with van der Waals surface area (Å²) in [7, 11) is 2.24. The number of ether oxygens (including phenoxy) is 2. The average molecular weight is 525 g/mol. The molecule has 0 saturated carbocycles. The maximum atomic E-state index is 11.3. The largest absolute Gasteiger partial charge is 0.467 e. The van der Waals surface area contributed by atoms with Gasteiger partial charge >= 0.3 is 11.9 Å². The average Bonchev–Trinajstić information content (AvgIpc) is 2.65. The summed E-state index contributed by atoms with van der Waals surface area (Å²) in [6, 6.07) is 0. The summed E-state index contributed by atoms with van der Waals surface area (Å²) >= 11 is 0. The lowest BCUT2D eigenvalue weighted by Crippen LogP contribution is -2.33. The van der Waals surface area contributed by atoms with E-state index in [2.05, 4.69) is 60.1 Å². The number of methoxy groups -OCH3 is 1. The van der Waals surface area contributed by atoms with Gasteiger partial charge in [-0.15, -0.1) is 0 Å². The van der Waals surface area contributed by atoms with Gasteiger partial charge in [-0.2, -0.15) is 0 Å². The number of hydrogen-bond donors (Lipinski definition) is 4. The summed E-state index contributed by atoms with van der Waals surface area (Å²) < 4.78 is 9.23. The Morgan fingerprint density at radius 1 is 0.694 bits per heavy atom. The van der Waals surface area contributed by atoms with Crippen molar-refractivity contribution in [2.45, 2.75) is 120 Å². The molecule has 0 aromatic carbocycles. The van der Waals surface area contributed by atoms with Crippen LogP contribution in [-0.4, -0.2) is 71.0 Å². The number of carbonyl (C=O) groups is 2. The number of aliphatic hydroxyl groups excluding tert-OH is 2. The molecule has 0 heterocycles. The topological polar surface area (TPSA) is 134 Å². The molecular formula is C28H60O8. The van der Waals surface area contributed by atoms with Crippen molar-refractivity contribution >= 4 is 11.9 Å². The van der Waals surface area contributed by atoms with E-state index in [-0.39, 0.29) is 0 Å². The van der Waals surface area contributed by atoms with Crippen LogP contribution >= 0.6 is 0 Å². The van der Waals surface area contributed by atoms with Gasteiger partial charge in [0.05, 0.1) is 13.7 Å². The third-order valence-electron chi connectivity index (χ3n) is 4.57. The molecule has 0 aromatic rings. The van der Waals surface area contributed by atoms with Crippen molar-refractivity contribution in [2.24, 2.45) is 22.7 Å². The van der Waals surface area contributed by atoms with Crippen molar-refractivity contribution in [3.8, 4) is 0 Å². The number of aliphatic hydroxyl groups is 4. The van der Waals surface area contributed by atoms with Crippen LogP contribution in [0.1, 0.15) is 109 Å². The molecule has 0 aliphatic carbocycles. The van der Waals surface area contributed by atoms with Crippen LogP contribution in [0, 0.1) is 22.7 Å². The van der Waals surface area contributed by atoms with Gasteiger partial charge in [-0.25, -0.2) is 9.59 Å². The Balaban J connectivity index is -0.000000220. The van der Waals surface area contributed by atoms with E-state index < -0.39 is 23.1 Å². The molecule has 2 unspecified atom stereocenters. The fraction of sp³-hybridized carbons (Fsp3) is 0.929. The molecule has 2 atom stereocenters. The quantitative estimate of drug-likeness (QED) is 0.318. The molecule has 0 rings (SSSR count). The van der Waals surface area contributed by atoms with E-state index in [1.54, 1.807) is 0 Å². The van der Waals surface area contributed by atoms with Gasteiger partial charge in [0.1, 0.15) is 0 Å². The van der Waals surface area contributed by atoms with Crippen molar-refractivity contribution in [3.63, 3.8) is 0 Å². The van der Waals surface area contributed by atoms with Crippen molar-refractivity contribution in [3.05, 3.63) is 0 Å². The van der Waals surface area contributed by atoms with Crippen LogP contribution in [0.15, 0.2) is 0 Å². The molecule has 0 fully saturated rings. The van der Waals surface area contributed by atoms with Gasteiger partial charge in [-0.1, -0.05) is 55.4 Å². The highest BCUT2D eigenvalue weighted by Crippen LogP contribution is 2.26. The van der Waals surface area contributed by atoms with E-state index in [0.29, 0.717) is 35.9 Å². The molecule has 0 aromatic heterocycles. The molecule has 0 spiro atoms. The Bertz CT molecular complexity index is 546. The second kappa shape index (κ2) is 19.8. The van der Waals surface area contributed by atoms with Gasteiger partial charge in [0, 0.05) is 13.7 Å². The molecule has 8 nitrogen and oxygen atoms in total. The fourth-order valence-electron chi connectivity index (χ4n) is 3.29. The smallest absolute Gasteiger partial charge is 0.337 e. The zero-order chi connectivity index (χ0) is 30.0. The minimum Gasteiger partial charge on any atom is -0.467 e. The highest BCUT2D eigenvalue weighted by Gasteiger charge is 2.26. The van der Waals surface area contributed by atoms with Gasteiger partial charge < -0.3 is 29.9 Å². The lowest BCUT2D eigenvalue weighted by atomic mass is 9.84. The third-order valence-corrected chi connectivity index (χ3v) is 4.57. The summed E-state index contributed by atoms with van der Waals surface area (Å²) in [6.45, 7) is 24.0. The molecule has 0 radical (unpaired) electrons. The predicted molar refractivity (Wildman–Crippen MR) is 147 cm³/mol. The van der Waals surface area contributed by atoms with E-state index in [1.165, 1.54) is 41.2 Å². The van der Waals surface area contributed by atoms with Crippen LogP contribution in [0.4, 0.5) is 0 Å². The molecule has 0 aliphatic rings. The van der Waals surface area contributed by atoms with Crippen molar-refractivity contribution in [2.75, 3.05) is 27.4 Å². The van der Waals surface area contributed by atoms with Crippen LogP contribution in [0.2, 0.25) is 0 Å². The van der Waals surface area contributed by atoms with E-state index in [4.69, 9.17) is 20.1 Å². The highest BCUT2D eigenvalue weighted by molar-refractivity contribution is 5.78. The van der Waals surface area contributed by atoms with E-state index in [0.717, 1.165) is 26.4 Å². The minimum atomic E-state index is -1.38. The normalized spacial score (nSPS) is 13.4. The summed E-state index contributed by atoms with van der Waals surface area (Å²) in [5.74, 6) is 0.0209. The Morgan fingerprint density at radius 3 is 1.25 bits per heavy atom. The fourth-order valence-corrected chi connectivity index (χ4v) is 3.29. The van der Waals surface area contributed by atoms with Gasteiger partial charge in [-0.3, -0.25) is 0 Å². The maximum absolute atomic E-state index is 11.3. The second-order valence-corrected chi connectivity index (χ2v) is 12.8.